The fourth-order valence-corrected chi connectivity index (χ4v) is 3.36. The second-order valence-corrected chi connectivity index (χ2v) is 6.27. The Balaban J connectivity index is 2.20. The number of likely N-dealkylation sites (tertiary alicyclic amines) is 1. The van der Waals surface area contributed by atoms with Crippen LogP contribution in [0.3, 0.4) is 0 Å². The predicted molar refractivity (Wildman–Crippen MR) is 84.3 cm³/mol. The Kier molecular flexibility index (Phi) is 5.29. The molecule has 1 aromatic rings. The van der Waals surface area contributed by atoms with Crippen LogP contribution in [0.2, 0.25) is 0 Å². The molecule has 4 nitrogen and oxygen atoms in total. The standard InChI is InChI=1S/C15H23BrN2O2/c1-10-4-11(7-17)8-18(10)9-12-5-15(20-3)13(16)6-14(12)19-2/h5-6,10-11H,4,7-9,17H2,1-3H3. The van der Waals surface area contributed by atoms with E-state index in [-0.39, 0.29) is 0 Å². The summed E-state index contributed by atoms with van der Waals surface area (Å²) in [6.07, 6.45) is 1.17. The van der Waals surface area contributed by atoms with E-state index in [9.17, 15) is 0 Å². The smallest absolute Gasteiger partial charge is 0.133 e. The van der Waals surface area contributed by atoms with Gasteiger partial charge in [-0.2, -0.15) is 0 Å². The Hall–Kier alpha value is -0.780. The Labute approximate surface area is 129 Å². The normalized spacial score (nSPS) is 23.1. The van der Waals surface area contributed by atoms with Crippen LogP contribution >= 0.6 is 15.9 Å². The molecule has 0 radical (unpaired) electrons. The highest BCUT2D eigenvalue weighted by atomic mass is 79.9. The zero-order valence-corrected chi connectivity index (χ0v) is 13.9. The number of methoxy groups -OCH3 is 2. The summed E-state index contributed by atoms with van der Waals surface area (Å²) in [5.41, 5.74) is 6.95. The van der Waals surface area contributed by atoms with Gasteiger partial charge in [0.1, 0.15) is 11.5 Å². The molecule has 1 saturated heterocycles. The van der Waals surface area contributed by atoms with Gasteiger partial charge in [-0.1, -0.05) is 0 Å². The molecule has 0 aromatic heterocycles. The molecular formula is C15H23BrN2O2. The highest BCUT2D eigenvalue weighted by Crippen LogP contribution is 2.35. The van der Waals surface area contributed by atoms with Crippen molar-refractivity contribution in [2.75, 3.05) is 27.3 Å². The summed E-state index contributed by atoms with van der Waals surface area (Å²) in [4.78, 5) is 2.46. The van der Waals surface area contributed by atoms with Crippen molar-refractivity contribution in [2.45, 2.75) is 25.9 Å². The largest absolute Gasteiger partial charge is 0.496 e. The molecule has 5 heteroatoms. The number of ether oxygens (including phenoxy) is 2. The monoisotopic (exact) mass is 342 g/mol. The average Bonchev–Trinajstić information content (AvgIpc) is 2.80. The molecule has 0 aliphatic carbocycles. The maximum atomic E-state index is 5.80. The van der Waals surface area contributed by atoms with E-state index >= 15 is 0 Å². The number of halogens is 1. The summed E-state index contributed by atoms with van der Waals surface area (Å²) < 4.78 is 11.8. The van der Waals surface area contributed by atoms with Crippen molar-refractivity contribution < 1.29 is 9.47 Å². The van der Waals surface area contributed by atoms with Crippen LogP contribution < -0.4 is 15.2 Å². The maximum Gasteiger partial charge on any atom is 0.133 e. The van der Waals surface area contributed by atoms with Gasteiger partial charge in [0.15, 0.2) is 0 Å². The van der Waals surface area contributed by atoms with Gasteiger partial charge >= 0.3 is 0 Å². The summed E-state index contributed by atoms with van der Waals surface area (Å²) in [5, 5.41) is 0. The van der Waals surface area contributed by atoms with Crippen LogP contribution in [-0.4, -0.2) is 38.3 Å². The van der Waals surface area contributed by atoms with Crippen molar-refractivity contribution in [1.29, 1.82) is 0 Å². The highest BCUT2D eigenvalue weighted by molar-refractivity contribution is 9.10. The van der Waals surface area contributed by atoms with E-state index in [1.807, 2.05) is 12.1 Å². The van der Waals surface area contributed by atoms with Crippen LogP contribution in [-0.2, 0) is 6.54 Å². The minimum atomic E-state index is 0.558. The zero-order valence-electron chi connectivity index (χ0n) is 12.4. The topological polar surface area (TPSA) is 47.7 Å². The van der Waals surface area contributed by atoms with E-state index in [4.69, 9.17) is 15.2 Å². The van der Waals surface area contributed by atoms with Crippen molar-refractivity contribution in [1.82, 2.24) is 4.90 Å². The lowest BCUT2D eigenvalue weighted by Gasteiger charge is -2.23. The SMILES string of the molecule is COc1cc(CN2CC(CN)CC2C)c(OC)cc1Br. The van der Waals surface area contributed by atoms with Gasteiger partial charge in [-0.3, -0.25) is 4.90 Å². The molecule has 2 unspecified atom stereocenters. The molecule has 0 saturated carbocycles. The second-order valence-electron chi connectivity index (χ2n) is 5.41. The summed E-state index contributed by atoms with van der Waals surface area (Å²) in [7, 11) is 3.38. The number of rotatable bonds is 5. The van der Waals surface area contributed by atoms with Crippen LogP contribution in [0, 0.1) is 5.92 Å². The Bertz CT molecular complexity index is 467. The van der Waals surface area contributed by atoms with Crippen LogP contribution in [0.5, 0.6) is 11.5 Å². The minimum absolute atomic E-state index is 0.558. The Morgan fingerprint density at radius 1 is 1.30 bits per heavy atom. The molecule has 1 fully saturated rings. The molecule has 1 heterocycles. The predicted octanol–water partition coefficient (Wildman–Crippen LogP) is 2.64. The van der Waals surface area contributed by atoms with Crippen LogP contribution in [0.4, 0.5) is 0 Å². The lowest BCUT2D eigenvalue weighted by molar-refractivity contribution is 0.251. The van der Waals surface area contributed by atoms with Gasteiger partial charge in [-0.15, -0.1) is 0 Å². The maximum absolute atomic E-state index is 5.80. The zero-order chi connectivity index (χ0) is 14.7. The summed E-state index contributed by atoms with van der Waals surface area (Å²) in [5.74, 6) is 2.33. The molecule has 1 aliphatic heterocycles. The minimum Gasteiger partial charge on any atom is -0.496 e. The van der Waals surface area contributed by atoms with Crippen molar-refractivity contribution in [2.24, 2.45) is 11.7 Å². The molecule has 112 valence electrons. The summed E-state index contributed by atoms with van der Waals surface area (Å²) in [6.45, 7) is 4.95. The van der Waals surface area contributed by atoms with Crippen molar-refractivity contribution in [3.8, 4) is 11.5 Å². The van der Waals surface area contributed by atoms with Crippen LogP contribution in [0.1, 0.15) is 18.9 Å². The number of hydrogen-bond acceptors (Lipinski definition) is 4. The van der Waals surface area contributed by atoms with Gasteiger partial charge in [0.25, 0.3) is 0 Å². The Morgan fingerprint density at radius 3 is 2.55 bits per heavy atom. The lowest BCUT2D eigenvalue weighted by Crippen LogP contribution is -2.27. The third-order valence-corrected chi connectivity index (χ3v) is 4.67. The molecule has 1 aromatic carbocycles. The van der Waals surface area contributed by atoms with Gasteiger partial charge in [0, 0.05) is 24.7 Å². The van der Waals surface area contributed by atoms with Gasteiger partial charge < -0.3 is 15.2 Å². The van der Waals surface area contributed by atoms with Crippen LogP contribution in [0.25, 0.3) is 0 Å². The van der Waals surface area contributed by atoms with E-state index in [0.717, 1.165) is 41.2 Å². The first-order valence-electron chi connectivity index (χ1n) is 6.93. The highest BCUT2D eigenvalue weighted by Gasteiger charge is 2.28. The van der Waals surface area contributed by atoms with E-state index in [0.29, 0.717) is 12.0 Å². The molecule has 0 amide bonds. The fraction of sp³-hybridized carbons (Fsp3) is 0.600. The first kappa shape index (κ1) is 15.6. The lowest BCUT2D eigenvalue weighted by atomic mass is 10.1. The number of nitrogens with zero attached hydrogens (tertiary/aromatic N) is 1. The molecule has 2 atom stereocenters. The van der Waals surface area contributed by atoms with Crippen molar-refractivity contribution in [3.05, 3.63) is 22.2 Å². The van der Waals surface area contributed by atoms with Gasteiger partial charge in [0.05, 0.1) is 18.7 Å². The fourth-order valence-electron chi connectivity index (χ4n) is 2.87. The third kappa shape index (κ3) is 3.27. The van der Waals surface area contributed by atoms with Crippen molar-refractivity contribution >= 4 is 15.9 Å². The molecular weight excluding hydrogens is 320 g/mol. The molecule has 20 heavy (non-hydrogen) atoms. The van der Waals surface area contributed by atoms with Gasteiger partial charge in [-0.25, -0.2) is 0 Å². The average molecular weight is 343 g/mol. The first-order valence-corrected chi connectivity index (χ1v) is 7.72. The van der Waals surface area contributed by atoms with Crippen molar-refractivity contribution in [3.63, 3.8) is 0 Å². The molecule has 2 rings (SSSR count). The molecule has 1 aliphatic rings. The molecule has 0 bridgehead atoms. The van der Waals surface area contributed by atoms with E-state index in [1.165, 1.54) is 6.42 Å². The van der Waals surface area contributed by atoms with Crippen LogP contribution in [0.15, 0.2) is 16.6 Å². The number of nitrogens with two attached hydrogens (primary N) is 1. The van der Waals surface area contributed by atoms with E-state index in [2.05, 4.69) is 27.8 Å². The molecule has 2 N–H and O–H groups in total. The third-order valence-electron chi connectivity index (χ3n) is 4.05. The second kappa shape index (κ2) is 6.78. The molecule has 0 spiro atoms. The number of hydrogen-bond donors (Lipinski definition) is 1. The van der Waals surface area contributed by atoms with E-state index in [1.54, 1.807) is 14.2 Å². The first-order chi connectivity index (χ1) is 9.58. The summed E-state index contributed by atoms with van der Waals surface area (Å²) >= 11 is 3.49. The summed E-state index contributed by atoms with van der Waals surface area (Å²) in [6, 6.07) is 4.57. The van der Waals surface area contributed by atoms with E-state index < -0.39 is 0 Å². The van der Waals surface area contributed by atoms with Gasteiger partial charge in [-0.05, 0) is 53.9 Å². The van der Waals surface area contributed by atoms with Gasteiger partial charge in [0.2, 0.25) is 0 Å². The quantitative estimate of drug-likeness (QED) is 0.893. The number of benzene rings is 1. The Morgan fingerprint density at radius 2 is 2.00 bits per heavy atom.